The first-order valence-corrected chi connectivity index (χ1v) is 8.79. The van der Waals surface area contributed by atoms with Gasteiger partial charge in [0.25, 0.3) is 0 Å². The SMILES string of the molecule is CCn1cnnc1CS(=O)(=O)C(C)c1cc2ccccc2o1. The summed E-state index contributed by atoms with van der Waals surface area (Å²) in [5, 5.41) is 7.83. The van der Waals surface area contributed by atoms with Crippen molar-refractivity contribution in [3.8, 4) is 0 Å². The molecule has 7 heteroatoms. The minimum absolute atomic E-state index is 0.154. The molecule has 1 unspecified atom stereocenters. The first-order valence-electron chi connectivity index (χ1n) is 7.08. The Morgan fingerprint density at radius 1 is 1.32 bits per heavy atom. The molecular weight excluding hydrogens is 302 g/mol. The van der Waals surface area contributed by atoms with Gasteiger partial charge in [-0.05, 0) is 26.0 Å². The van der Waals surface area contributed by atoms with Crippen LogP contribution in [0.25, 0.3) is 11.0 Å². The van der Waals surface area contributed by atoms with Gasteiger partial charge in [0.15, 0.2) is 9.84 Å². The van der Waals surface area contributed by atoms with Gasteiger partial charge >= 0.3 is 0 Å². The third-order valence-corrected chi connectivity index (χ3v) is 5.72. The molecule has 3 aromatic rings. The maximum atomic E-state index is 12.6. The highest BCUT2D eigenvalue weighted by atomic mass is 32.2. The lowest BCUT2D eigenvalue weighted by molar-refractivity contribution is 0.527. The largest absolute Gasteiger partial charge is 0.460 e. The van der Waals surface area contributed by atoms with Crippen LogP contribution < -0.4 is 0 Å². The normalized spacial score (nSPS) is 13.5. The van der Waals surface area contributed by atoms with Crippen LogP contribution in [0, 0.1) is 0 Å². The van der Waals surface area contributed by atoms with Crippen LogP contribution in [0.4, 0.5) is 0 Å². The second kappa shape index (κ2) is 5.57. The average molecular weight is 319 g/mol. The van der Waals surface area contributed by atoms with Crippen molar-refractivity contribution in [1.29, 1.82) is 0 Å². The number of para-hydroxylation sites is 1. The van der Waals surface area contributed by atoms with Gasteiger partial charge < -0.3 is 8.98 Å². The van der Waals surface area contributed by atoms with Crippen LogP contribution in [0.3, 0.4) is 0 Å². The number of furan rings is 1. The fourth-order valence-corrected chi connectivity index (χ4v) is 3.64. The molecule has 0 aliphatic heterocycles. The number of fused-ring (bicyclic) bond motifs is 1. The Kier molecular flexibility index (Phi) is 3.74. The Balaban J connectivity index is 1.91. The first-order chi connectivity index (χ1) is 10.5. The van der Waals surface area contributed by atoms with Crippen molar-refractivity contribution in [2.75, 3.05) is 0 Å². The highest BCUT2D eigenvalue weighted by molar-refractivity contribution is 7.90. The van der Waals surface area contributed by atoms with E-state index in [1.807, 2.05) is 31.2 Å². The highest BCUT2D eigenvalue weighted by Crippen LogP contribution is 2.30. The van der Waals surface area contributed by atoms with E-state index >= 15 is 0 Å². The Morgan fingerprint density at radius 2 is 2.09 bits per heavy atom. The number of hydrogen-bond donors (Lipinski definition) is 0. The molecule has 1 aromatic carbocycles. The number of hydrogen-bond acceptors (Lipinski definition) is 5. The number of aromatic nitrogens is 3. The number of rotatable bonds is 5. The molecule has 0 N–H and O–H groups in total. The predicted octanol–water partition coefficient (Wildman–Crippen LogP) is 2.72. The van der Waals surface area contributed by atoms with Crippen LogP contribution in [-0.4, -0.2) is 23.2 Å². The predicted molar refractivity (Wildman–Crippen MR) is 82.9 cm³/mol. The van der Waals surface area contributed by atoms with E-state index in [-0.39, 0.29) is 5.75 Å². The fourth-order valence-electron chi connectivity index (χ4n) is 2.34. The molecule has 1 atom stereocenters. The minimum atomic E-state index is -3.43. The van der Waals surface area contributed by atoms with Crippen LogP contribution in [0.2, 0.25) is 0 Å². The van der Waals surface area contributed by atoms with Crippen molar-refractivity contribution in [2.45, 2.75) is 31.4 Å². The van der Waals surface area contributed by atoms with Crippen molar-refractivity contribution >= 4 is 20.8 Å². The van der Waals surface area contributed by atoms with Crippen molar-refractivity contribution in [3.63, 3.8) is 0 Å². The van der Waals surface area contributed by atoms with E-state index in [9.17, 15) is 8.42 Å². The van der Waals surface area contributed by atoms with E-state index in [1.165, 1.54) is 6.33 Å². The molecule has 0 amide bonds. The summed E-state index contributed by atoms with van der Waals surface area (Å²) < 4.78 is 32.6. The zero-order valence-corrected chi connectivity index (χ0v) is 13.2. The summed E-state index contributed by atoms with van der Waals surface area (Å²) in [6.07, 6.45) is 1.54. The Morgan fingerprint density at radius 3 is 2.82 bits per heavy atom. The minimum Gasteiger partial charge on any atom is -0.460 e. The standard InChI is InChI=1S/C15H17N3O3S/c1-3-18-10-16-17-15(18)9-22(19,20)11(2)14-8-12-6-4-5-7-13(12)21-14/h4-8,10-11H,3,9H2,1-2H3. The summed E-state index contributed by atoms with van der Waals surface area (Å²) in [5.41, 5.74) is 0.691. The number of benzene rings is 1. The smallest absolute Gasteiger partial charge is 0.167 e. The van der Waals surface area contributed by atoms with Gasteiger partial charge in [-0.25, -0.2) is 8.42 Å². The Hall–Kier alpha value is -2.15. The highest BCUT2D eigenvalue weighted by Gasteiger charge is 2.28. The van der Waals surface area contributed by atoms with E-state index in [2.05, 4.69) is 10.2 Å². The third kappa shape index (κ3) is 2.64. The molecule has 0 saturated carbocycles. The molecule has 6 nitrogen and oxygen atoms in total. The molecule has 0 fully saturated rings. The molecule has 0 bridgehead atoms. The van der Waals surface area contributed by atoms with Gasteiger partial charge in [0, 0.05) is 11.9 Å². The molecule has 0 spiro atoms. The molecule has 3 rings (SSSR count). The number of sulfone groups is 1. The summed E-state index contributed by atoms with van der Waals surface area (Å²) in [6, 6.07) is 9.26. The van der Waals surface area contributed by atoms with Crippen LogP contribution in [0.15, 0.2) is 41.1 Å². The fraction of sp³-hybridized carbons (Fsp3) is 0.333. The summed E-state index contributed by atoms with van der Waals surface area (Å²) in [4.78, 5) is 0. The van der Waals surface area contributed by atoms with Gasteiger partial charge in [-0.1, -0.05) is 18.2 Å². The van der Waals surface area contributed by atoms with Gasteiger partial charge in [-0.2, -0.15) is 0 Å². The van der Waals surface area contributed by atoms with E-state index < -0.39 is 15.1 Å². The maximum Gasteiger partial charge on any atom is 0.167 e. The molecule has 0 aliphatic rings. The van der Waals surface area contributed by atoms with Crippen molar-refractivity contribution in [3.05, 3.63) is 48.2 Å². The maximum absolute atomic E-state index is 12.6. The second-order valence-electron chi connectivity index (χ2n) is 5.17. The monoisotopic (exact) mass is 319 g/mol. The van der Waals surface area contributed by atoms with Crippen molar-refractivity contribution < 1.29 is 12.8 Å². The van der Waals surface area contributed by atoms with Gasteiger partial charge in [0.05, 0.1) is 0 Å². The lowest BCUT2D eigenvalue weighted by Crippen LogP contribution is -2.15. The molecule has 2 aromatic heterocycles. The van der Waals surface area contributed by atoms with E-state index in [0.717, 1.165) is 5.39 Å². The molecular formula is C15H17N3O3S. The van der Waals surface area contributed by atoms with Gasteiger partial charge in [-0.15, -0.1) is 10.2 Å². The summed E-state index contributed by atoms with van der Waals surface area (Å²) in [6.45, 7) is 4.19. The molecule has 0 radical (unpaired) electrons. The Labute approximate surface area is 128 Å². The molecule has 0 saturated heterocycles. The Bertz CT molecular complexity index is 863. The number of aryl methyl sites for hydroxylation is 1. The lowest BCUT2D eigenvalue weighted by Gasteiger charge is -2.10. The molecule has 2 heterocycles. The lowest BCUT2D eigenvalue weighted by atomic mass is 10.2. The van der Waals surface area contributed by atoms with Crippen LogP contribution in [0.1, 0.15) is 30.7 Å². The molecule has 116 valence electrons. The molecule has 22 heavy (non-hydrogen) atoms. The van der Waals surface area contributed by atoms with Gasteiger partial charge in [-0.3, -0.25) is 0 Å². The summed E-state index contributed by atoms with van der Waals surface area (Å²) in [5.74, 6) is 0.744. The van der Waals surface area contributed by atoms with Crippen LogP contribution in [0.5, 0.6) is 0 Å². The van der Waals surface area contributed by atoms with Crippen molar-refractivity contribution in [1.82, 2.24) is 14.8 Å². The topological polar surface area (TPSA) is 78.0 Å². The summed E-state index contributed by atoms with van der Waals surface area (Å²) >= 11 is 0. The zero-order chi connectivity index (χ0) is 15.7. The van der Waals surface area contributed by atoms with E-state index in [1.54, 1.807) is 17.6 Å². The van der Waals surface area contributed by atoms with Gasteiger partial charge in [0.2, 0.25) is 0 Å². The second-order valence-corrected chi connectivity index (χ2v) is 7.49. The summed E-state index contributed by atoms with van der Waals surface area (Å²) in [7, 11) is -3.43. The van der Waals surface area contributed by atoms with Crippen LogP contribution >= 0.6 is 0 Å². The number of nitrogens with zero attached hydrogens (tertiary/aromatic N) is 3. The van der Waals surface area contributed by atoms with Crippen LogP contribution in [-0.2, 0) is 22.1 Å². The average Bonchev–Trinajstić information content (AvgIpc) is 3.11. The molecule has 0 aliphatic carbocycles. The zero-order valence-electron chi connectivity index (χ0n) is 12.4. The van der Waals surface area contributed by atoms with Crippen molar-refractivity contribution in [2.24, 2.45) is 0 Å². The third-order valence-electron chi connectivity index (χ3n) is 3.75. The van der Waals surface area contributed by atoms with Gasteiger partial charge in [0.1, 0.15) is 34.5 Å². The van der Waals surface area contributed by atoms with E-state index in [4.69, 9.17) is 4.42 Å². The van der Waals surface area contributed by atoms with E-state index in [0.29, 0.717) is 23.7 Å². The first kappa shape index (κ1) is 14.8. The quantitative estimate of drug-likeness (QED) is 0.722.